The van der Waals surface area contributed by atoms with Crippen molar-refractivity contribution in [2.24, 2.45) is 0 Å². The van der Waals surface area contributed by atoms with Crippen molar-refractivity contribution in [2.45, 2.75) is 65.2 Å². The number of nitrogens with zero attached hydrogens (tertiary/aromatic N) is 2. The average Bonchev–Trinajstić information content (AvgIpc) is 2.94. The number of benzene rings is 2. The van der Waals surface area contributed by atoms with Crippen LogP contribution in [-0.2, 0) is 9.59 Å². The monoisotopic (exact) mass is 510 g/mol. The Kier molecular flexibility index (Phi) is 9.57. The number of hydrogen-bond donors (Lipinski definition) is 0. The summed E-state index contributed by atoms with van der Waals surface area (Å²) in [6, 6.07) is 15.2. The van der Waals surface area contributed by atoms with E-state index in [1.54, 1.807) is 24.8 Å². The predicted molar refractivity (Wildman–Crippen MR) is 150 cm³/mol. The predicted octanol–water partition coefficient (Wildman–Crippen LogP) is 7.94. The van der Waals surface area contributed by atoms with E-state index in [2.05, 4.69) is 23.8 Å². The molecule has 2 aromatic carbocycles. The van der Waals surface area contributed by atoms with Gasteiger partial charge in [-0.3, -0.25) is 19.6 Å². The maximum Gasteiger partial charge on any atom is 0.311 e. The summed E-state index contributed by atoms with van der Waals surface area (Å²) < 4.78 is 12.1. The van der Waals surface area contributed by atoms with Crippen LogP contribution in [0.3, 0.4) is 0 Å². The minimum Gasteiger partial charge on any atom is -0.425 e. The maximum atomic E-state index is 12.9. The van der Waals surface area contributed by atoms with Gasteiger partial charge in [0.25, 0.3) is 0 Å². The van der Waals surface area contributed by atoms with Crippen LogP contribution in [0.5, 0.6) is 11.5 Å². The summed E-state index contributed by atoms with van der Waals surface area (Å²) in [5.41, 5.74) is 3.32. The van der Waals surface area contributed by atoms with E-state index >= 15 is 0 Å². The van der Waals surface area contributed by atoms with Crippen LogP contribution in [-0.4, -0.2) is 21.9 Å². The molecule has 0 saturated heterocycles. The molecule has 6 heteroatoms. The lowest BCUT2D eigenvalue weighted by atomic mass is 9.96. The summed E-state index contributed by atoms with van der Waals surface area (Å²) in [5.74, 6) is 0.356. The van der Waals surface area contributed by atoms with E-state index in [0.717, 1.165) is 60.8 Å². The third kappa shape index (κ3) is 6.62. The number of esters is 2. The SMILES string of the molecule is CCCCCC(=O)Oc1c(-c2ccncc2)ccc2c(OC(=O)CCCCC)c(-c3ccncc3)ccc12. The molecular weight excluding hydrogens is 476 g/mol. The highest BCUT2D eigenvalue weighted by molar-refractivity contribution is 6.04. The highest BCUT2D eigenvalue weighted by atomic mass is 16.5. The molecule has 0 bridgehead atoms. The number of ether oxygens (including phenoxy) is 2. The highest BCUT2D eigenvalue weighted by Gasteiger charge is 2.21. The summed E-state index contributed by atoms with van der Waals surface area (Å²) in [4.78, 5) is 34.0. The quantitative estimate of drug-likeness (QED) is 0.109. The van der Waals surface area contributed by atoms with Crippen LogP contribution in [0.15, 0.2) is 73.3 Å². The normalized spacial score (nSPS) is 10.9. The molecule has 0 aliphatic rings. The van der Waals surface area contributed by atoms with Gasteiger partial charge < -0.3 is 9.47 Å². The van der Waals surface area contributed by atoms with E-state index in [9.17, 15) is 9.59 Å². The van der Waals surface area contributed by atoms with Crippen molar-refractivity contribution in [2.75, 3.05) is 0 Å². The summed E-state index contributed by atoms with van der Waals surface area (Å²) in [7, 11) is 0. The minimum absolute atomic E-state index is 0.280. The van der Waals surface area contributed by atoms with Gasteiger partial charge in [-0.25, -0.2) is 0 Å². The Balaban J connectivity index is 1.85. The number of fused-ring (bicyclic) bond motifs is 1. The zero-order valence-electron chi connectivity index (χ0n) is 22.1. The lowest BCUT2D eigenvalue weighted by Crippen LogP contribution is -2.10. The topological polar surface area (TPSA) is 78.4 Å². The zero-order valence-corrected chi connectivity index (χ0v) is 22.1. The van der Waals surface area contributed by atoms with Gasteiger partial charge in [0.15, 0.2) is 0 Å². The van der Waals surface area contributed by atoms with Crippen LogP contribution in [0.4, 0.5) is 0 Å². The molecule has 6 nitrogen and oxygen atoms in total. The number of carbonyl (C=O) groups excluding carboxylic acids is 2. The summed E-state index contributed by atoms with van der Waals surface area (Å²) in [6.07, 6.45) is 13.1. The Morgan fingerprint density at radius 3 is 1.34 bits per heavy atom. The van der Waals surface area contributed by atoms with Gasteiger partial charge in [-0.2, -0.15) is 0 Å². The standard InChI is InChI=1S/C32H34N2O4/c1-3-5-7-9-29(35)37-31-25(23-15-19-33-20-16-23)11-14-28-27(31)13-12-26(24-17-21-34-22-18-24)32(28)38-30(36)10-8-6-4-2/h11-22H,3-10H2,1-2H3. The third-order valence-corrected chi connectivity index (χ3v) is 6.49. The molecule has 4 rings (SSSR count). The molecule has 4 aromatic rings. The average molecular weight is 511 g/mol. The molecule has 38 heavy (non-hydrogen) atoms. The van der Waals surface area contributed by atoms with Crippen molar-refractivity contribution in [3.05, 3.63) is 73.3 Å². The molecule has 2 aromatic heterocycles. The second-order valence-corrected chi connectivity index (χ2v) is 9.31. The van der Waals surface area contributed by atoms with E-state index in [4.69, 9.17) is 9.47 Å². The van der Waals surface area contributed by atoms with E-state index in [1.807, 2.05) is 48.5 Å². The molecule has 0 unspecified atom stereocenters. The molecule has 0 aliphatic heterocycles. The lowest BCUT2D eigenvalue weighted by Gasteiger charge is -2.18. The molecule has 0 N–H and O–H groups in total. The first-order chi connectivity index (χ1) is 18.6. The fraction of sp³-hybridized carbons (Fsp3) is 0.312. The van der Waals surface area contributed by atoms with E-state index in [0.29, 0.717) is 35.1 Å². The molecule has 0 amide bonds. The number of rotatable bonds is 12. The van der Waals surface area contributed by atoms with Crippen molar-refractivity contribution in [3.63, 3.8) is 0 Å². The van der Waals surface area contributed by atoms with E-state index < -0.39 is 0 Å². The first kappa shape index (κ1) is 27.0. The molecule has 2 heterocycles. The number of pyridine rings is 2. The molecule has 0 aliphatic carbocycles. The molecule has 0 saturated carbocycles. The summed E-state index contributed by atoms with van der Waals surface area (Å²) in [6.45, 7) is 4.20. The van der Waals surface area contributed by atoms with Crippen LogP contribution in [0.2, 0.25) is 0 Å². The molecule has 196 valence electrons. The summed E-state index contributed by atoms with van der Waals surface area (Å²) in [5, 5.41) is 1.41. The third-order valence-electron chi connectivity index (χ3n) is 6.49. The van der Waals surface area contributed by atoms with E-state index in [1.165, 1.54) is 0 Å². The molecule has 0 radical (unpaired) electrons. The van der Waals surface area contributed by atoms with E-state index in [-0.39, 0.29) is 11.9 Å². The van der Waals surface area contributed by atoms with Crippen LogP contribution in [0, 0.1) is 0 Å². The van der Waals surface area contributed by atoms with Gasteiger partial charge in [0.1, 0.15) is 11.5 Å². The van der Waals surface area contributed by atoms with Crippen LogP contribution in [0.25, 0.3) is 33.0 Å². The van der Waals surface area contributed by atoms with Crippen molar-refractivity contribution in [3.8, 4) is 33.8 Å². The highest BCUT2D eigenvalue weighted by Crippen LogP contribution is 2.44. The Morgan fingerprint density at radius 2 is 0.974 bits per heavy atom. The molecule has 0 spiro atoms. The van der Waals surface area contributed by atoms with Gasteiger partial charge in [-0.05, 0) is 72.5 Å². The van der Waals surface area contributed by atoms with Gasteiger partial charge in [0.05, 0.1) is 0 Å². The molecular formula is C32H34N2O4. The lowest BCUT2D eigenvalue weighted by molar-refractivity contribution is -0.135. The van der Waals surface area contributed by atoms with Crippen LogP contribution >= 0.6 is 0 Å². The van der Waals surface area contributed by atoms with Crippen molar-refractivity contribution in [1.82, 2.24) is 9.97 Å². The fourth-order valence-corrected chi connectivity index (χ4v) is 4.46. The van der Waals surface area contributed by atoms with Crippen molar-refractivity contribution in [1.29, 1.82) is 0 Å². The Morgan fingerprint density at radius 1 is 0.579 bits per heavy atom. The van der Waals surface area contributed by atoms with Crippen LogP contribution in [0.1, 0.15) is 65.2 Å². The molecule has 0 fully saturated rings. The fourth-order valence-electron chi connectivity index (χ4n) is 4.46. The van der Waals surface area contributed by atoms with Gasteiger partial charge in [0.2, 0.25) is 0 Å². The Labute approximate surface area is 224 Å². The molecule has 0 atom stereocenters. The van der Waals surface area contributed by atoms with Crippen LogP contribution < -0.4 is 9.47 Å². The first-order valence-corrected chi connectivity index (χ1v) is 13.4. The second-order valence-electron chi connectivity index (χ2n) is 9.31. The number of carbonyl (C=O) groups is 2. The number of hydrogen-bond acceptors (Lipinski definition) is 6. The Hall–Kier alpha value is -4.06. The Bertz CT molecular complexity index is 1260. The number of unbranched alkanes of at least 4 members (excludes halogenated alkanes) is 4. The first-order valence-electron chi connectivity index (χ1n) is 13.4. The summed E-state index contributed by atoms with van der Waals surface area (Å²) >= 11 is 0. The van der Waals surface area contributed by atoms with Crippen molar-refractivity contribution < 1.29 is 19.1 Å². The second kappa shape index (κ2) is 13.5. The van der Waals surface area contributed by atoms with Gasteiger partial charge >= 0.3 is 11.9 Å². The zero-order chi connectivity index (χ0) is 26.7. The number of aromatic nitrogens is 2. The van der Waals surface area contributed by atoms with Gasteiger partial charge in [-0.1, -0.05) is 39.5 Å². The maximum absolute atomic E-state index is 12.9. The van der Waals surface area contributed by atoms with Gasteiger partial charge in [0, 0.05) is 59.5 Å². The smallest absolute Gasteiger partial charge is 0.311 e. The largest absolute Gasteiger partial charge is 0.425 e. The van der Waals surface area contributed by atoms with Gasteiger partial charge in [-0.15, -0.1) is 0 Å². The minimum atomic E-state index is -0.280. The van der Waals surface area contributed by atoms with Crippen molar-refractivity contribution >= 4 is 22.7 Å².